The molecule has 0 aliphatic heterocycles. The molecule has 0 fully saturated rings. The molecule has 11 aromatic rings. The maximum Gasteiger partial charge on any atom is 0.417 e. The molecule has 10 heteroatoms. The zero-order valence-corrected chi connectivity index (χ0v) is 37.5. The summed E-state index contributed by atoms with van der Waals surface area (Å²) >= 11 is 0. The van der Waals surface area contributed by atoms with E-state index in [4.69, 9.17) is 13.1 Å². The van der Waals surface area contributed by atoms with E-state index in [1.165, 1.54) is 6.07 Å². The molecular weight excluding hydrogens is 888 g/mol. The lowest BCUT2D eigenvalue weighted by atomic mass is 9.91. The molecule has 0 radical (unpaired) electrons. The number of halogens is 3. The summed E-state index contributed by atoms with van der Waals surface area (Å²) in [6.07, 6.45) is -4.65. The van der Waals surface area contributed by atoms with Gasteiger partial charge in [-0.05, 0) is 119 Å². The number of rotatable bonds is 6. The third-order valence-corrected chi connectivity index (χ3v) is 13.2. The van der Waals surface area contributed by atoms with Gasteiger partial charge in [-0.25, -0.2) is 9.69 Å². The summed E-state index contributed by atoms with van der Waals surface area (Å²) in [6, 6.07) is 59.4. The lowest BCUT2D eigenvalue weighted by Crippen LogP contribution is -2.08. The maximum absolute atomic E-state index is 15.0. The molecule has 11 rings (SSSR count). The molecule has 0 aliphatic rings. The number of aromatic nitrogens is 2. The van der Waals surface area contributed by atoms with E-state index >= 15 is 0 Å². The second kappa shape index (κ2) is 16.9. The highest BCUT2D eigenvalue weighted by atomic mass is 19.4. The highest BCUT2D eigenvalue weighted by Crippen LogP contribution is 2.46. The van der Waals surface area contributed by atoms with Crippen LogP contribution in [0.1, 0.15) is 27.8 Å². The van der Waals surface area contributed by atoms with Crippen molar-refractivity contribution in [3.05, 3.63) is 227 Å². The molecule has 0 atom stereocenters. The van der Waals surface area contributed by atoms with Crippen molar-refractivity contribution < 1.29 is 13.2 Å². The number of alkyl halides is 3. The number of benzene rings is 9. The van der Waals surface area contributed by atoms with Gasteiger partial charge in [0.25, 0.3) is 0 Å². The van der Waals surface area contributed by atoms with Crippen molar-refractivity contribution in [3.63, 3.8) is 0 Å². The Morgan fingerprint density at radius 2 is 1.00 bits per heavy atom. The average Bonchev–Trinajstić information content (AvgIpc) is 3.91. The number of hydrogen-bond acceptors (Lipinski definition) is 3. The Labute approximate surface area is 405 Å². The molecule has 2 heterocycles. The third-order valence-electron chi connectivity index (χ3n) is 13.2. The molecule has 332 valence electrons. The molecule has 0 bridgehead atoms. The molecule has 9 aromatic carbocycles. The third kappa shape index (κ3) is 7.10. The summed E-state index contributed by atoms with van der Waals surface area (Å²) in [5.41, 5.74) is 10.6. The summed E-state index contributed by atoms with van der Waals surface area (Å²) in [6.45, 7) is 17.1. The molecule has 2 aromatic heterocycles. The van der Waals surface area contributed by atoms with Gasteiger partial charge in [0, 0.05) is 32.7 Å². The molecule has 0 spiro atoms. The number of nitrogens with zero attached hydrogens (tertiary/aromatic N) is 7. The maximum atomic E-state index is 15.0. The van der Waals surface area contributed by atoms with E-state index in [9.17, 15) is 29.0 Å². The van der Waals surface area contributed by atoms with Gasteiger partial charge in [0.15, 0.2) is 11.4 Å². The minimum absolute atomic E-state index is 0.0606. The predicted octanol–water partition coefficient (Wildman–Crippen LogP) is 16.6. The van der Waals surface area contributed by atoms with Crippen molar-refractivity contribution in [2.45, 2.75) is 13.1 Å². The topological polar surface area (TPSA) is 90.0 Å². The number of fused-ring (bicyclic) bond motifs is 6. The van der Waals surface area contributed by atoms with Crippen LogP contribution in [0.3, 0.4) is 0 Å². The van der Waals surface area contributed by atoms with Gasteiger partial charge < -0.3 is 9.13 Å². The molecule has 0 N–H and O–H groups in total. The van der Waals surface area contributed by atoms with Gasteiger partial charge >= 0.3 is 6.18 Å². The Morgan fingerprint density at radius 1 is 0.465 bits per heavy atom. The van der Waals surface area contributed by atoms with Crippen LogP contribution in [-0.2, 0) is 6.18 Å². The smallest absolute Gasteiger partial charge is 0.309 e. The standard InChI is InChI=1S/C61H32F3N7/c1-36-9-8-12-52(61(62,63)64)60(36)41-17-23-49(59(31-41)71-55-14-7-5-11-47(55)51-30-40(19-26-57(51)71)45-24-20-43(68-2)32-53(45)69-3)48-22-16-38(34-66)28-58(48)70-54-13-6-4-10-46(54)50-29-39(18-25-56(50)70)44-21-15-37(33-65)27-42(44)35-67/h4-32H,1H3. The predicted molar refractivity (Wildman–Crippen MR) is 273 cm³/mol. The number of nitriles is 3. The lowest BCUT2D eigenvalue weighted by molar-refractivity contribution is -0.137. The highest BCUT2D eigenvalue weighted by molar-refractivity contribution is 6.13. The van der Waals surface area contributed by atoms with Gasteiger partial charge in [0.1, 0.15) is 0 Å². The first kappa shape index (κ1) is 43.4. The minimum atomic E-state index is -4.65. The second-order valence-electron chi connectivity index (χ2n) is 17.1. The van der Waals surface area contributed by atoms with Gasteiger partial charge in [-0.1, -0.05) is 103 Å². The Morgan fingerprint density at radius 3 is 1.59 bits per heavy atom. The number of aryl methyl sites for hydroxylation is 1. The Balaban J connectivity index is 1.21. The quantitative estimate of drug-likeness (QED) is 0.156. The Bertz CT molecular complexity index is 4310. The summed E-state index contributed by atoms with van der Waals surface area (Å²) in [5.74, 6) is 0. The van der Waals surface area contributed by atoms with E-state index < -0.39 is 11.7 Å². The van der Waals surface area contributed by atoms with Crippen LogP contribution in [0, 0.1) is 54.1 Å². The van der Waals surface area contributed by atoms with Crippen LogP contribution in [0.4, 0.5) is 24.5 Å². The van der Waals surface area contributed by atoms with E-state index in [2.05, 4.69) is 37.0 Å². The largest absolute Gasteiger partial charge is 0.417 e. The summed E-state index contributed by atoms with van der Waals surface area (Å²) in [4.78, 5) is 7.28. The molecule has 0 amide bonds. The summed E-state index contributed by atoms with van der Waals surface area (Å²) < 4.78 is 49.0. The van der Waals surface area contributed by atoms with Gasteiger partial charge in [0.05, 0.1) is 87.0 Å². The van der Waals surface area contributed by atoms with Crippen molar-refractivity contribution in [1.82, 2.24) is 9.13 Å². The van der Waals surface area contributed by atoms with Crippen molar-refractivity contribution in [2.75, 3.05) is 0 Å². The van der Waals surface area contributed by atoms with Crippen LogP contribution in [0.25, 0.3) is 109 Å². The van der Waals surface area contributed by atoms with Crippen molar-refractivity contribution >= 4 is 55.0 Å². The van der Waals surface area contributed by atoms with Crippen LogP contribution in [0.5, 0.6) is 0 Å². The zero-order valence-electron chi connectivity index (χ0n) is 37.5. The fourth-order valence-electron chi connectivity index (χ4n) is 10.1. The molecule has 0 saturated carbocycles. The van der Waals surface area contributed by atoms with Crippen LogP contribution in [-0.4, -0.2) is 9.13 Å². The molecule has 0 aliphatic carbocycles. The molecular formula is C61H32F3N7. The number of hydrogen-bond donors (Lipinski definition) is 0. The van der Waals surface area contributed by atoms with E-state index in [1.54, 1.807) is 61.5 Å². The monoisotopic (exact) mass is 919 g/mol. The van der Waals surface area contributed by atoms with Gasteiger partial charge in [-0.15, -0.1) is 0 Å². The van der Waals surface area contributed by atoms with Crippen LogP contribution < -0.4 is 0 Å². The fraction of sp³-hybridized carbons (Fsp3) is 0.0328. The SMILES string of the molecule is [C-]#[N+]c1ccc(-c2ccc3c(c2)c2ccccc2n3-c2cc(-c3c(C)cccc3C(F)(F)F)ccc2-c2ccc(C#N)cc2-n2c3ccccc3c3cc(-c4ccc(C#N)cc4C#N)ccc32)c([N+]#[C-])c1. The van der Waals surface area contributed by atoms with Gasteiger partial charge in [-0.2, -0.15) is 29.0 Å². The summed E-state index contributed by atoms with van der Waals surface area (Å²) in [7, 11) is 0. The summed E-state index contributed by atoms with van der Waals surface area (Å²) in [5, 5.41) is 33.6. The Kier molecular flexibility index (Phi) is 10.3. The van der Waals surface area contributed by atoms with Crippen LogP contribution in [0.15, 0.2) is 176 Å². The number of para-hydroxylation sites is 2. The highest BCUT2D eigenvalue weighted by Gasteiger charge is 2.34. The molecule has 7 nitrogen and oxygen atoms in total. The van der Waals surface area contributed by atoms with Crippen molar-refractivity contribution in [3.8, 4) is 74.1 Å². The van der Waals surface area contributed by atoms with E-state index in [0.29, 0.717) is 72.8 Å². The van der Waals surface area contributed by atoms with Crippen LogP contribution >= 0.6 is 0 Å². The minimum Gasteiger partial charge on any atom is -0.309 e. The van der Waals surface area contributed by atoms with E-state index in [1.807, 2.05) is 109 Å². The first-order valence-corrected chi connectivity index (χ1v) is 22.3. The van der Waals surface area contributed by atoms with Gasteiger partial charge in [0.2, 0.25) is 0 Å². The first-order chi connectivity index (χ1) is 34.5. The average molecular weight is 920 g/mol. The van der Waals surface area contributed by atoms with E-state index in [0.717, 1.165) is 60.8 Å². The van der Waals surface area contributed by atoms with Crippen LogP contribution in [0.2, 0.25) is 0 Å². The van der Waals surface area contributed by atoms with Crippen molar-refractivity contribution in [2.24, 2.45) is 0 Å². The fourth-order valence-corrected chi connectivity index (χ4v) is 10.1. The molecule has 71 heavy (non-hydrogen) atoms. The Hall–Kier alpha value is -10.2. The first-order valence-electron chi connectivity index (χ1n) is 22.3. The van der Waals surface area contributed by atoms with Crippen molar-refractivity contribution in [1.29, 1.82) is 15.8 Å². The normalized spacial score (nSPS) is 11.3. The van der Waals surface area contributed by atoms with E-state index in [-0.39, 0.29) is 5.56 Å². The molecule has 0 saturated heterocycles. The second-order valence-corrected chi connectivity index (χ2v) is 17.1. The zero-order chi connectivity index (χ0) is 49.1. The molecule has 0 unspecified atom stereocenters. The lowest BCUT2D eigenvalue weighted by Gasteiger charge is -2.21. The van der Waals surface area contributed by atoms with Gasteiger partial charge in [-0.3, -0.25) is 0 Å².